The number of aliphatic hydroxyl groups is 1. The average Bonchev–Trinajstić information content (AvgIpc) is 3.55. The van der Waals surface area contributed by atoms with E-state index in [9.17, 15) is 19.5 Å². The summed E-state index contributed by atoms with van der Waals surface area (Å²) in [7, 11) is 0. The van der Waals surface area contributed by atoms with Crippen LogP contribution in [0, 0.1) is 28.6 Å². The first-order chi connectivity index (χ1) is 18.7. The Hall–Kier alpha value is -2.78. The molecule has 3 saturated carbocycles. The number of Topliss-reactive ketones (excluding diaryl/α,β-unsaturated/α-hetero) is 1. The molecular formula is C30H34N2O6S. The van der Waals surface area contributed by atoms with E-state index in [0.717, 1.165) is 31.3 Å². The Morgan fingerprint density at radius 2 is 2.05 bits per heavy atom. The summed E-state index contributed by atoms with van der Waals surface area (Å²) in [6.07, 6.45) is 11.7. The molecule has 1 N–H and O–H groups in total. The molecule has 6 rings (SSSR count). The van der Waals surface area contributed by atoms with E-state index < -0.39 is 23.1 Å². The molecule has 2 aromatic rings. The molecule has 9 heteroatoms. The van der Waals surface area contributed by atoms with Crippen molar-refractivity contribution < 1.29 is 28.6 Å². The minimum Gasteiger partial charge on any atom is -0.457 e. The van der Waals surface area contributed by atoms with Crippen molar-refractivity contribution >= 4 is 29.3 Å². The summed E-state index contributed by atoms with van der Waals surface area (Å²) in [5.41, 5.74) is -1.23. The van der Waals surface area contributed by atoms with E-state index in [-0.39, 0.29) is 46.2 Å². The summed E-state index contributed by atoms with van der Waals surface area (Å²) < 4.78 is 11.6. The van der Waals surface area contributed by atoms with Gasteiger partial charge in [-0.15, -0.1) is 0 Å². The zero-order chi connectivity index (χ0) is 27.4. The molecule has 2 heterocycles. The summed E-state index contributed by atoms with van der Waals surface area (Å²) in [6.45, 7) is 4.23. The predicted molar refractivity (Wildman–Crippen MR) is 143 cm³/mol. The quantitative estimate of drug-likeness (QED) is 0.398. The van der Waals surface area contributed by atoms with E-state index in [1.54, 1.807) is 24.7 Å². The number of ketones is 2. The number of hydrogen-bond acceptors (Lipinski definition) is 9. The van der Waals surface area contributed by atoms with Crippen molar-refractivity contribution in [1.29, 1.82) is 0 Å². The van der Waals surface area contributed by atoms with Crippen LogP contribution in [0.5, 0.6) is 0 Å². The number of furan rings is 1. The fourth-order valence-electron chi connectivity index (χ4n) is 8.58. The number of hydrogen-bond donors (Lipinski definition) is 1. The predicted octanol–water partition coefficient (Wildman–Crippen LogP) is 4.83. The van der Waals surface area contributed by atoms with Gasteiger partial charge in [-0.05, 0) is 79.9 Å². The lowest BCUT2D eigenvalue weighted by atomic mass is 9.45. The van der Waals surface area contributed by atoms with Crippen LogP contribution in [0.15, 0.2) is 58.1 Å². The number of aromatic nitrogens is 2. The summed E-state index contributed by atoms with van der Waals surface area (Å²) in [6, 6.07) is 3.15. The molecule has 0 amide bonds. The lowest BCUT2D eigenvalue weighted by molar-refractivity contribution is -0.180. The monoisotopic (exact) mass is 550 g/mol. The van der Waals surface area contributed by atoms with Gasteiger partial charge in [0.1, 0.15) is 5.03 Å². The molecule has 4 aliphatic rings. The van der Waals surface area contributed by atoms with E-state index in [1.807, 2.05) is 13.0 Å². The largest absolute Gasteiger partial charge is 0.457 e. The standard InChI is InChI=1S/C30H34N2O6S/c1-28-9-7-19(33)14-18(28)5-6-20-21-8-10-30(29(21,2)15-22(34)26(20)28,38-27(36)23-4-3-13-37-23)24(35)17-39-25-16-31-11-12-32-25/h3-4,11-14,16,20-22,26,34H,5-10,15,17H2,1-2H3/t20?,21?,22-,26?,28?,29?,30-/m0/s1. The molecule has 0 radical (unpaired) electrons. The topological polar surface area (TPSA) is 120 Å². The highest BCUT2D eigenvalue weighted by Gasteiger charge is 2.70. The first kappa shape index (κ1) is 26.4. The van der Waals surface area contributed by atoms with Gasteiger partial charge in [0, 0.05) is 24.2 Å². The van der Waals surface area contributed by atoms with Crippen molar-refractivity contribution in [2.75, 3.05) is 5.75 Å². The number of fused-ring (bicyclic) bond motifs is 5. The number of ether oxygens (including phenoxy) is 1. The maximum Gasteiger partial charge on any atom is 0.375 e. The third-order valence-electron chi connectivity index (χ3n) is 10.3. The summed E-state index contributed by atoms with van der Waals surface area (Å²) in [5, 5.41) is 12.4. The van der Waals surface area contributed by atoms with Crippen LogP contribution in [0.4, 0.5) is 0 Å². The lowest BCUT2D eigenvalue weighted by Gasteiger charge is -2.60. The molecule has 5 unspecified atom stereocenters. The number of esters is 1. The average molecular weight is 551 g/mol. The van der Waals surface area contributed by atoms with Gasteiger partial charge in [0.05, 0.1) is 24.3 Å². The Balaban J connectivity index is 1.35. The smallest absolute Gasteiger partial charge is 0.375 e. The second-order valence-corrected chi connectivity index (χ2v) is 13.1. The molecule has 0 spiro atoms. The van der Waals surface area contributed by atoms with Gasteiger partial charge in [0.15, 0.2) is 17.2 Å². The molecule has 0 bridgehead atoms. The van der Waals surface area contributed by atoms with Gasteiger partial charge in [-0.1, -0.05) is 31.2 Å². The molecule has 2 aromatic heterocycles. The van der Waals surface area contributed by atoms with Gasteiger partial charge in [-0.25, -0.2) is 9.78 Å². The van der Waals surface area contributed by atoms with E-state index in [2.05, 4.69) is 16.9 Å². The minimum atomic E-state index is -1.40. The van der Waals surface area contributed by atoms with Crippen molar-refractivity contribution in [3.8, 4) is 0 Å². The lowest BCUT2D eigenvalue weighted by Crippen LogP contribution is -2.63. The van der Waals surface area contributed by atoms with Crippen molar-refractivity contribution in [2.24, 2.45) is 28.6 Å². The van der Waals surface area contributed by atoms with Gasteiger partial charge < -0.3 is 14.3 Å². The number of rotatable bonds is 6. The normalized spacial score (nSPS) is 37.3. The van der Waals surface area contributed by atoms with Gasteiger partial charge in [0.25, 0.3) is 0 Å². The third kappa shape index (κ3) is 4.11. The summed E-state index contributed by atoms with van der Waals surface area (Å²) in [5.74, 6) is -0.283. The van der Waals surface area contributed by atoms with Gasteiger partial charge >= 0.3 is 5.97 Å². The fraction of sp³-hybridized carbons (Fsp3) is 0.567. The molecule has 0 aliphatic heterocycles. The number of nitrogens with zero attached hydrogens (tertiary/aromatic N) is 2. The highest BCUT2D eigenvalue weighted by atomic mass is 32.2. The van der Waals surface area contributed by atoms with E-state index in [4.69, 9.17) is 9.15 Å². The molecule has 4 aliphatic carbocycles. The van der Waals surface area contributed by atoms with Crippen LogP contribution in [0.3, 0.4) is 0 Å². The van der Waals surface area contributed by atoms with Crippen LogP contribution >= 0.6 is 11.8 Å². The zero-order valence-electron chi connectivity index (χ0n) is 22.3. The van der Waals surface area contributed by atoms with Crippen molar-refractivity contribution in [1.82, 2.24) is 9.97 Å². The Kier molecular flexibility index (Phi) is 6.57. The van der Waals surface area contributed by atoms with Crippen molar-refractivity contribution in [2.45, 2.75) is 75.5 Å². The molecule has 206 valence electrons. The van der Waals surface area contributed by atoms with Gasteiger partial charge in [-0.3, -0.25) is 14.6 Å². The third-order valence-corrected chi connectivity index (χ3v) is 11.3. The molecule has 3 fully saturated rings. The first-order valence-corrected chi connectivity index (χ1v) is 14.8. The van der Waals surface area contributed by atoms with Gasteiger partial charge in [-0.2, -0.15) is 0 Å². The zero-order valence-corrected chi connectivity index (χ0v) is 23.1. The molecular weight excluding hydrogens is 516 g/mol. The number of allylic oxidation sites excluding steroid dienone is 1. The van der Waals surface area contributed by atoms with Crippen LogP contribution in [-0.2, 0) is 14.3 Å². The highest BCUT2D eigenvalue weighted by molar-refractivity contribution is 7.99. The van der Waals surface area contributed by atoms with E-state index in [1.165, 1.54) is 24.1 Å². The number of aliphatic hydroxyl groups excluding tert-OH is 1. The Morgan fingerprint density at radius 3 is 2.79 bits per heavy atom. The molecule has 0 saturated heterocycles. The number of carbonyl (C=O) groups excluding carboxylic acids is 3. The van der Waals surface area contributed by atoms with Crippen LogP contribution in [0.2, 0.25) is 0 Å². The highest BCUT2D eigenvalue weighted by Crippen LogP contribution is 2.68. The van der Waals surface area contributed by atoms with Crippen LogP contribution in [0.25, 0.3) is 0 Å². The van der Waals surface area contributed by atoms with E-state index in [0.29, 0.717) is 24.3 Å². The van der Waals surface area contributed by atoms with Crippen LogP contribution in [-0.4, -0.2) is 50.1 Å². The van der Waals surface area contributed by atoms with Crippen LogP contribution < -0.4 is 0 Å². The van der Waals surface area contributed by atoms with Crippen molar-refractivity contribution in [3.63, 3.8) is 0 Å². The minimum absolute atomic E-state index is 0.00400. The Morgan fingerprint density at radius 1 is 1.21 bits per heavy atom. The number of carbonyl (C=O) groups is 3. The Labute approximate surface area is 232 Å². The Bertz CT molecular complexity index is 1310. The second kappa shape index (κ2) is 9.70. The van der Waals surface area contributed by atoms with Gasteiger partial charge in [0.2, 0.25) is 5.76 Å². The maximum atomic E-state index is 14.2. The number of thioether (sulfide) groups is 1. The first-order valence-electron chi connectivity index (χ1n) is 13.8. The summed E-state index contributed by atoms with van der Waals surface area (Å²) in [4.78, 5) is 48.1. The molecule has 39 heavy (non-hydrogen) atoms. The fourth-order valence-corrected chi connectivity index (χ4v) is 9.36. The van der Waals surface area contributed by atoms with Crippen molar-refractivity contribution in [3.05, 3.63) is 54.4 Å². The molecule has 0 aromatic carbocycles. The molecule has 8 nitrogen and oxygen atoms in total. The molecule has 7 atom stereocenters. The van der Waals surface area contributed by atoms with Crippen LogP contribution in [0.1, 0.15) is 69.3 Å². The van der Waals surface area contributed by atoms with E-state index >= 15 is 0 Å². The maximum absolute atomic E-state index is 14.2. The second-order valence-electron chi connectivity index (χ2n) is 12.1. The summed E-state index contributed by atoms with van der Waals surface area (Å²) >= 11 is 1.27. The SMILES string of the molecule is CC12CCC(=O)C=C1CCC1C2[C@@H](O)CC2(C)C1CC[C@]2(OC(=O)c1ccco1)C(=O)CSc1cnccn1.